The molecule has 2 rings (SSSR count). The smallest absolute Gasteiger partial charge is 0.407 e. The fourth-order valence-electron chi connectivity index (χ4n) is 4.73. The highest BCUT2D eigenvalue weighted by Crippen LogP contribution is 2.29. The first-order chi connectivity index (χ1) is 13.8. The van der Waals surface area contributed by atoms with Gasteiger partial charge < -0.3 is 15.0 Å². The molecule has 1 atom stereocenters. The molecular weight excluding hydrogens is 366 g/mol. The Hall–Kier alpha value is -1.77. The minimum atomic E-state index is -0.540. The second-order valence-corrected chi connectivity index (χ2v) is 9.66. The summed E-state index contributed by atoms with van der Waals surface area (Å²) in [5, 5.41) is 12.3. The fourth-order valence-corrected chi connectivity index (χ4v) is 4.73. The highest BCUT2D eigenvalue weighted by molar-refractivity contribution is 5.77. The van der Waals surface area contributed by atoms with Gasteiger partial charge in [-0.2, -0.15) is 5.26 Å². The van der Waals surface area contributed by atoms with Crippen LogP contribution < -0.4 is 5.32 Å². The molecule has 0 aromatic heterocycles. The van der Waals surface area contributed by atoms with Crippen molar-refractivity contribution in [1.29, 1.82) is 5.26 Å². The van der Waals surface area contributed by atoms with Gasteiger partial charge in [0.05, 0.1) is 6.07 Å². The quantitative estimate of drug-likeness (QED) is 0.609. The van der Waals surface area contributed by atoms with Gasteiger partial charge >= 0.3 is 6.09 Å². The first kappa shape index (κ1) is 23.5. The molecule has 2 saturated carbocycles. The van der Waals surface area contributed by atoms with Crippen molar-refractivity contribution in [1.82, 2.24) is 10.2 Å². The third-order valence-electron chi connectivity index (χ3n) is 6.17. The third-order valence-corrected chi connectivity index (χ3v) is 6.17. The van der Waals surface area contributed by atoms with E-state index in [-0.39, 0.29) is 24.5 Å². The maximum atomic E-state index is 13.0. The van der Waals surface area contributed by atoms with E-state index in [1.807, 2.05) is 20.8 Å². The molecule has 0 aromatic rings. The molecule has 1 N–H and O–H groups in total. The Morgan fingerprint density at radius 2 is 1.66 bits per heavy atom. The van der Waals surface area contributed by atoms with E-state index in [9.17, 15) is 14.9 Å². The van der Waals surface area contributed by atoms with Gasteiger partial charge in [-0.05, 0) is 58.8 Å². The van der Waals surface area contributed by atoms with Gasteiger partial charge in [-0.3, -0.25) is 4.79 Å². The average molecular weight is 406 g/mol. The Balaban J connectivity index is 1.97. The summed E-state index contributed by atoms with van der Waals surface area (Å²) in [6.45, 7) is 5.73. The van der Waals surface area contributed by atoms with Crippen LogP contribution in [0.15, 0.2) is 0 Å². The van der Waals surface area contributed by atoms with E-state index in [4.69, 9.17) is 4.74 Å². The number of nitrogens with zero attached hydrogens (tertiary/aromatic N) is 2. The molecule has 2 aliphatic carbocycles. The third kappa shape index (κ3) is 8.24. The molecule has 0 aromatic carbocycles. The Kier molecular flexibility index (Phi) is 9.26. The predicted octanol–water partition coefficient (Wildman–Crippen LogP) is 4.93. The predicted molar refractivity (Wildman–Crippen MR) is 113 cm³/mol. The summed E-state index contributed by atoms with van der Waals surface area (Å²) in [4.78, 5) is 27.1. The highest BCUT2D eigenvalue weighted by Gasteiger charge is 2.30. The van der Waals surface area contributed by atoms with Crippen molar-refractivity contribution in [3.8, 4) is 6.07 Å². The Morgan fingerprint density at radius 1 is 1.07 bits per heavy atom. The Labute approximate surface area is 176 Å². The molecule has 2 aliphatic rings. The zero-order valence-corrected chi connectivity index (χ0v) is 18.5. The molecule has 0 heterocycles. The number of hydrogen-bond acceptors (Lipinski definition) is 4. The molecule has 0 radical (unpaired) electrons. The van der Waals surface area contributed by atoms with Gasteiger partial charge in [0.1, 0.15) is 12.1 Å². The number of carbonyl (C=O) groups excluding carboxylic acids is 2. The molecule has 0 bridgehead atoms. The van der Waals surface area contributed by atoms with Gasteiger partial charge in [0.2, 0.25) is 5.91 Å². The van der Waals surface area contributed by atoms with Gasteiger partial charge in [-0.15, -0.1) is 0 Å². The summed E-state index contributed by atoms with van der Waals surface area (Å²) in [7, 11) is 0. The van der Waals surface area contributed by atoms with Gasteiger partial charge in [0.15, 0.2) is 0 Å². The monoisotopic (exact) mass is 405 g/mol. The van der Waals surface area contributed by atoms with Crippen LogP contribution in [-0.2, 0) is 9.53 Å². The summed E-state index contributed by atoms with van der Waals surface area (Å²) in [6.07, 6.45) is 11.8. The van der Waals surface area contributed by atoms with Gasteiger partial charge in [0, 0.05) is 18.5 Å². The molecule has 2 fully saturated rings. The molecule has 2 amide bonds. The lowest BCUT2D eigenvalue weighted by molar-refractivity contribution is -0.133. The van der Waals surface area contributed by atoms with E-state index in [0.29, 0.717) is 18.8 Å². The van der Waals surface area contributed by atoms with Crippen molar-refractivity contribution < 1.29 is 14.3 Å². The fraction of sp³-hybridized carbons (Fsp3) is 0.870. The molecule has 0 saturated heterocycles. The van der Waals surface area contributed by atoms with E-state index in [0.717, 1.165) is 38.5 Å². The van der Waals surface area contributed by atoms with Crippen LogP contribution in [-0.4, -0.2) is 41.1 Å². The Morgan fingerprint density at radius 3 is 2.21 bits per heavy atom. The van der Waals surface area contributed by atoms with Crippen LogP contribution in [0.25, 0.3) is 0 Å². The number of rotatable bonds is 7. The molecule has 0 spiro atoms. The van der Waals surface area contributed by atoms with Gasteiger partial charge in [0.25, 0.3) is 0 Å². The van der Waals surface area contributed by atoms with Crippen LogP contribution in [0, 0.1) is 17.2 Å². The summed E-state index contributed by atoms with van der Waals surface area (Å²) in [5.74, 6) is 0.438. The first-order valence-electron chi connectivity index (χ1n) is 11.5. The van der Waals surface area contributed by atoms with E-state index in [1.165, 1.54) is 25.7 Å². The summed E-state index contributed by atoms with van der Waals surface area (Å²) in [6, 6.07) is 2.32. The van der Waals surface area contributed by atoms with Gasteiger partial charge in [-0.1, -0.05) is 38.5 Å². The molecule has 164 valence electrons. The largest absolute Gasteiger partial charge is 0.444 e. The lowest BCUT2D eigenvalue weighted by atomic mass is 9.82. The van der Waals surface area contributed by atoms with Crippen molar-refractivity contribution in [3.63, 3.8) is 0 Å². The second-order valence-electron chi connectivity index (χ2n) is 9.66. The van der Waals surface area contributed by atoms with Crippen LogP contribution in [0.4, 0.5) is 4.79 Å². The zero-order valence-electron chi connectivity index (χ0n) is 18.5. The molecule has 6 nitrogen and oxygen atoms in total. The minimum absolute atomic E-state index is 0.0465. The number of amides is 2. The number of alkyl carbamates (subject to hydrolysis) is 1. The summed E-state index contributed by atoms with van der Waals surface area (Å²) in [5.41, 5.74) is -0.540. The van der Waals surface area contributed by atoms with Crippen molar-refractivity contribution >= 4 is 12.0 Å². The topological polar surface area (TPSA) is 82.4 Å². The summed E-state index contributed by atoms with van der Waals surface area (Å²) < 4.78 is 5.46. The number of nitriles is 1. The zero-order chi connectivity index (χ0) is 21.3. The lowest BCUT2D eigenvalue weighted by Crippen LogP contribution is -2.45. The maximum absolute atomic E-state index is 13.0. The van der Waals surface area contributed by atoms with Crippen molar-refractivity contribution in [2.45, 2.75) is 116 Å². The maximum Gasteiger partial charge on any atom is 0.407 e. The van der Waals surface area contributed by atoms with Crippen LogP contribution in [0.5, 0.6) is 0 Å². The SMILES string of the molecule is CC(C)(C)OC(=O)N[C@@H](CCC(=O)N(CC#N)C1CCCCC1)C1CCCCC1. The molecule has 29 heavy (non-hydrogen) atoms. The second kappa shape index (κ2) is 11.4. The van der Waals surface area contributed by atoms with Crippen LogP contribution in [0.3, 0.4) is 0 Å². The number of carbonyl (C=O) groups is 2. The van der Waals surface area contributed by atoms with Gasteiger partial charge in [-0.25, -0.2) is 4.79 Å². The molecule has 0 aliphatic heterocycles. The van der Waals surface area contributed by atoms with Crippen molar-refractivity contribution in [2.24, 2.45) is 5.92 Å². The van der Waals surface area contributed by atoms with Crippen LogP contribution in [0.2, 0.25) is 0 Å². The van der Waals surface area contributed by atoms with E-state index in [1.54, 1.807) is 4.90 Å². The molecule has 0 unspecified atom stereocenters. The first-order valence-corrected chi connectivity index (χ1v) is 11.5. The van der Waals surface area contributed by atoms with Crippen molar-refractivity contribution in [3.05, 3.63) is 0 Å². The molecular formula is C23H39N3O3. The normalized spacial score (nSPS) is 19.8. The standard InChI is InChI=1S/C23H39N3O3/c1-23(2,3)29-22(28)25-20(18-10-6-4-7-11-18)14-15-21(27)26(17-16-24)19-12-8-5-9-13-19/h18-20H,4-15,17H2,1-3H3,(H,25,28)/t20-/m0/s1. The number of hydrogen-bond donors (Lipinski definition) is 1. The number of nitrogens with one attached hydrogen (secondary N) is 1. The summed E-state index contributed by atoms with van der Waals surface area (Å²) >= 11 is 0. The van der Waals surface area contributed by atoms with Crippen LogP contribution in [0.1, 0.15) is 97.8 Å². The van der Waals surface area contributed by atoms with Crippen LogP contribution >= 0.6 is 0 Å². The van der Waals surface area contributed by atoms with E-state index >= 15 is 0 Å². The minimum Gasteiger partial charge on any atom is -0.444 e. The van der Waals surface area contributed by atoms with Crippen molar-refractivity contribution in [2.75, 3.05) is 6.54 Å². The Bertz CT molecular complexity index is 567. The number of ether oxygens (including phenoxy) is 1. The van der Waals surface area contributed by atoms with E-state index in [2.05, 4.69) is 11.4 Å². The van der Waals surface area contributed by atoms with E-state index < -0.39 is 11.7 Å². The highest BCUT2D eigenvalue weighted by atomic mass is 16.6. The average Bonchev–Trinajstić information content (AvgIpc) is 2.69. The molecule has 6 heteroatoms. The lowest BCUT2D eigenvalue weighted by Gasteiger charge is -2.34.